The van der Waals surface area contributed by atoms with Gasteiger partial charge in [0.25, 0.3) is 5.91 Å². The van der Waals surface area contributed by atoms with Crippen LogP contribution in [0.3, 0.4) is 0 Å². The van der Waals surface area contributed by atoms with E-state index in [2.05, 4.69) is 0 Å². The molecule has 126 valence electrons. The van der Waals surface area contributed by atoms with E-state index in [4.69, 9.17) is 4.74 Å². The summed E-state index contributed by atoms with van der Waals surface area (Å²) >= 11 is 1.63. The monoisotopic (exact) mass is 337 g/mol. The van der Waals surface area contributed by atoms with Gasteiger partial charge >= 0.3 is 5.97 Å². The van der Waals surface area contributed by atoms with Crippen LogP contribution in [0.1, 0.15) is 26.7 Å². The molecule has 5 nitrogen and oxygen atoms in total. The zero-order chi connectivity index (χ0) is 17.0. The minimum absolute atomic E-state index is 0.266. The van der Waals surface area contributed by atoms with Crippen molar-refractivity contribution in [2.75, 3.05) is 12.8 Å². The second-order valence-corrected chi connectivity index (χ2v) is 6.83. The Balaban J connectivity index is 2.03. The summed E-state index contributed by atoms with van der Waals surface area (Å²) in [7, 11) is 0. The molecule has 1 aliphatic rings. The van der Waals surface area contributed by atoms with Gasteiger partial charge < -0.3 is 14.7 Å². The Kier molecular flexibility index (Phi) is 5.93. The van der Waals surface area contributed by atoms with Gasteiger partial charge in [-0.1, -0.05) is 6.92 Å². The van der Waals surface area contributed by atoms with Gasteiger partial charge in [0.2, 0.25) is 0 Å². The Morgan fingerprint density at radius 3 is 2.57 bits per heavy atom. The number of carboxylic acid groups (broad SMARTS) is 1. The molecule has 3 unspecified atom stereocenters. The van der Waals surface area contributed by atoms with Crippen molar-refractivity contribution in [2.24, 2.45) is 5.92 Å². The number of thioether (sulfide) groups is 1. The molecule has 0 spiro atoms. The van der Waals surface area contributed by atoms with Crippen LogP contribution in [0.5, 0.6) is 5.75 Å². The highest BCUT2D eigenvalue weighted by molar-refractivity contribution is 7.98. The maximum absolute atomic E-state index is 12.6. The van der Waals surface area contributed by atoms with E-state index in [9.17, 15) is 14.7 Å². The second-order valence-electron chi connectivity index (χ2n) is 5.95. The Morgan fingerprint density at radius 2 is 2.00 bits per heavy atom. The zero-order valence-corrected chi connectivity index (χ0v) is 14.5. The summed E-state index contributed by atoms with van der Waals surface area (Å²) in [6, 6.07) is 6.75. The minimum Gasteiger partial charge on any atom is -0.481 e. The Morgan fingerprint density at radius 1 is 1.35 bits per heavy atom. The number of ether oxygens (including phenoxy) is 1. The molecule has 1 fully saturated rings. The third kappa shape index (κ3) is 4.41. The average molecular weight is 337 g/mol. The number of carboxylic acids is 1. The predicted octanol–water partition coefficient (Wildman–Crippen LogP) is 2.89. The number of hydrogen-bond acceptors (Lipinski definition) is 4. The van der Waals surface area contributed by atoms with Crippen molar-refractivity contribution in [3.8, 4) is 5.75 Å². The molecule has 0 saturated carbocycles. The van der Waals surface area contributed by atoms with Crippen LogP contribution in [0, 0.1) is 5.92 Å². The summed E-state index contributed by atoms with van der Waals surface area (Å²) in [5.41, 5.74) is 0. The summed E-state index contributed by atoms with van der Waals surface area (Å²) < 4.78 is 5.69. The molecule has 1 saturated heterocycles. The van der Waals surface area contributed by atoms with Crippen molar-refractivity contribution in [2.45, 2.75) is 43.7 Å². The van der Waals surface area contributed by atoms with Crippen molar-refractivity contribution >= 4 is 23.6 Å². The molecule has 1 N–H and O–H groups in total. The van der Waals surface area contributed by atoms with Crippen LogP contribution in [-0.4, -0.2) is 46.8 Å². The van der Waals surface area contributed by atoms with Gasteiger partial charge in [-0.3, -0.25) is 4.79 Å². The van der Waals surface area contributed by atoms with E-state index in [0.29, 0.717) is 24.6 Å². The Hall–Kier alpha value is -1.69. The Labute approximate surface area is 141 Å². The number of likely N-dealkylation sites (tertiary alicyclic amines) is 1. The normalized spacial score (nSPS) is 22.5. The second kappa shape index (κ2) is 7.73. The van der Waals surface area contributed by atoms with Crippen LogP contribution in [0.2, 0.25) is 0 Å². The summed E-state index contributed by atoms with van der Waals surface area (Å²) in [6.07, 6.45) is 2.61. The summed E-state index contributed by atoms with van der Waals surface area (Å²) in [6.45, 7) is 4.16. The van der Waals surface area contributed by atoms with Gasteiger partial charge in [0, 0.05) is 11.4 Å². The lowest BCUT2D eigenvalue weighted by atomic mass is 9.92. The lowest BCUT2D eigenvalue weighted by Crippen LogP contribution is -2.53. The fourth-order valence-corrected chi connectivity index (χ4v) is 3.19. The van der Waals surface area contributed by atoms with Crippen LogP contribution in [0.25, 0.3) is 0 Å². The average Bonchev–Trinajstić information content (AvgIpc) is 2.54. The molecule has 0 bridgehead atoms. The van der Waals surface area contributed by atoms with Gasteiger partial charge in [-0.25, -0.2) is 4.79 Å². The van der Waals surface area contributed by atoms with Crippen LogP contribution in [0.15, 0.2) is 29.2 Å². The van der Waals surface area contributed by atoms with Crippen molar-refractivity contribution in [1.29, 1.82) is 0 Å². The Bertz CT molecular complexity index is 560. The van der Waals surface area contributed by atoms with Crippen molar-refractivity contribution < 1.29 is 19.4 Å². The standard InChI is InChI=1S/C17H23NO4S/c1-11-8-9-18(15(10-11)17(20)21)16(19)12(2)22-13-4-6-14(23-3)7-5-13/h4-7,11-12,15H,8-10H2,1-3H3,(H,20,21). The highest BCUT2D eigenvalue weighted by Gasteiger charge is 2.37. The van der Waals surface area contributed by atoms with Crippen LogP contribution < -0.4 is 4.74 Å². The maximum atomic E-state index is 12.6. The van der Waals surface area contributed by atoms with Crippen molar-refractivity contribution in [3.05, 3.63) is 24.3 Å². The lowest BCUT2D eigenvalue weighted by molar-refractivity contribution is -0.156. The molecular formula is C17H23NO4S. The lowest BCUT2D eigenvalue weighted by Gasteiger charge is -2.37. The fourth-order valence-electron chi connectivity index (χ4n) is 2.78. The molecule has 0 aliphatic carbocycles. The quantitative estimate of drug-likeness (QED) is 0.837. The third-order valence-electron chi connectivity index (χ3n) is 4.15. The van der Waals surface area contributed by atoms with E-state index in [0.717, 1.165) is 11.3 Å². The number of rotatable bonds is 5. The number of nitrogens with zero attached hydrogens (tertiary/aromatic N) is 1. The summed E-state index contributed by atoms with van der Waals surface area (Å²) in [5.74, 6) is -0.281. The fraction of sp³-hybridized carbons (Fsp3) is 0.529. The molecule has 6 heteroatoms. The minimum atomic E-state index is -0.943. The first-order valence-corrected chi connectivity index (χ1v) is 8.98. The van der Waals surface area contributed by atoms with Gasteiger partial charge in [-0.05, 0) is 56.2 Å². The first-order chi connectivity index (χ1) is 10.9. The maximum Gasteiger partial charge on any atom is 0.326 e. The van der Waals surface area contributed by atoms with Gasteiger partial charge in [-0.15, -0.1) is 11.8 Å². The smallest absolute Gasteiger partial charge is 0.326 e. The SMILES string of the molecule is CSc1ccc(OC(C)C(=O)N2CCC(C)CC2C(=O)O)cc1. The number of hydrogen-bond donors (Lipinski definition) is 1. The molecule has 2 rings (SSSR count). The molecule has 1 amide bonds. The van der Waals surface area contributed by atoms with Gasteiger partial charge in [-0.2, -0.15) is 0 Å². The van der Waals surface area contributed by atoms with E-state index >= 15 is 0 Å². The van der Waals surface area contributed by atoms with E-state index in [-0.39, 0.29) is 5.91 Å². The number of benzene rings is 1. The number of amides is 1. The largest absolute Gasteiger partial charge is 0.481 e. The summed E-state index contributed by atoms with van der Waals surface area (Å²) in [4.78, 5) is 26.6. The highest BCUT2D eigenvalue weighted by Crippen LogP contribution is 2.25. The van der Waals surface area contributed by atoms with Gasteiger partial charge in [0.15, 0.2) is 6.10 Å². The van der Waals surface area contributed by atoms with Gasteiger partial charge in [0.1, 0.15) is 11.8 Å². The van der Waals surface area contributed by atoms with Crippen molar-refractivity contribution in [1.82, 2.24) is 4.90 Å². The number of aliphatic carboxylic acids is 1. The van der Waals surface area contributed by atoms with E-state index < -0.39 is 18.1 Å². The third-order valence-corrected chi connectivity index (χ3v) is 4.90. The molecule has 1 aromatic rings. The van der Waals surface area contributed by atoms with E-state index in [1.807, 2.05) is 37.4 Å². The number of carbonyl (C=O) groups is 2. The van der Waals surface area contributed by atoms with Crippen LogP contribution >= 0.6 is 11.8 Å². The molecule has 1 aromatic carbocycles. The molecule has 3 atom stereocenters. The van der Waals surface area contributed by atoms with Crippen LogP contribution in [0.4, 0.5) is 0 Å². The molecule has 0 aromatic heterocycles. The zero-order valence-electron chi connectivity index (χ0n) is 13.7. The van der Waals surface area contributed by atoms with E-state index in [1.165, 1.54) is 4.90 Å². The number of piperidine rings is 1. The predicted molar refractivity (Wildman–Crippen MR) is 89.8 cm³/mol. The first kappa shape index (κ1) is 17.7. The van der Waals surface area contributed by atoms with Crippen molar-refractivity contribution in [3.63, 3.8) is 0 Å². The summed E-state index contributed by atoms with van der Waals surface area (Å²) in [5, 5.41) is 9.37. The topological polar surface area (TPSA) is 66.8 Å². The molecule has 1 aliphatic heterocycles. The molecule has 23 heavy (non-hydrogen) atoms. The number of carbonyl (C=O) groups excluding carboxylic acids is 1. The molecule has 1 heterocycles. The highest BCUT2D eigenvalue weighted by atomic mass is 32.2. The molecular weight excluding hydrogens is 314 g/mol. The molecule has 0 radical (unpaired) electrons. The van der Waals surface area contributed by atoms with E-state index in [1.54, 1.807) is 18.7 Å². The first-order valence-electron chi connectivity index (χ1n) is 7.76. The van der Waals surface area contributed by atoms with Crippen LogP contribution in [-0.2, 0) is 9.59 Å². The van der Waals surface area contributed by atoms with Gasteiger partial charge in [0.05, 0.1) is 0 Å².